The van der Waals surface area contributed by atoms with Crippen LogP contribution in [0.25, 0.3) is 0 Å². The third-order valence-electron chi connectivity index (χ3n) is 8.68. The highest BCUT2D eigenvalue weighted by molar-refractivity contribution is 5.38. The SMILES string of the molecule is C=C1/C(=C\C=C2/CCC[C@]3(C)[C@@H]([C@H](C)CC[C@H](O)c4cocn4)CC[C@@H]23)CC(O)C[C@@H]1O. The van der Waals surface area contributed by atoms with Gasteiger partial charge in [-0.3, -0.25) is 0 Å². The Labute approximate surface area is 192 Å². The van der Waals surface area contributed by atoms with E-state index in [1.54, 1.807) is 0 Å². The molecule has 4 rings (SSSR count). The van der Waals surface area contributed by atoms with Gasteiger partial charge in [-0.05, 0) is 85.7 Å². The van der Waals surface area contributed by atoms with Gasteiger partial charge in [0.05, 0.1) is 18.3 Å². The molecule has 5 heteroatoms. The Balaban J connectivity index is 1.44. The molecule has 3 aliphatic carbocycles. The highest BCUT2D eigenvalue weighted by atomic mass is 16.3. The molecule has 0 aromatic carbocycles. The summed E-state index contributed by atoms with van der Waals surface area (Å²) < 4.78 is 5.01. The van der Waals surface area contributed by atoms with Crippen molar-refractivity contribution in [2.75, 3.05) is 0 Å². The van der Waals surface area contributed by atoms with Gasteiger partial charge in [0.1, 0.15) is 12.0 Å². The van der Waals surface area contributed by atoms with Crippen LogP contribution in [0.1, 0.15) is 83.4 Å². The summed E-state index contributed by atoms with van der Waals surface area (Å²) in [6, 6.07) is 0. The normalized spacial score (nSPS) is 37.6. The maximum absolute atomic E-state index is 10.4. The van der Waals surface area contributed by atoms with E-state index in [4.69, 9.17) is 4.42 Å². The molecule has 7 atom stereocenters. The average molecular weight is 442 g/mol. The standard InChI is InChI=1S/C27H39NO4/c1-17(6-11-25(30)24-15-32-16-28-24)22-9-10-23-19(5-4-12-27(22,23)3)7-8-20-13-21(29)14-26(31)18(20)2/h7-8,15-17,21-23,25-26,29-31H,2,4-6,9-14H2,1,3H3/b19-7+,20-8-/t17-,21?,22-,23+,25+,26+,27-/m1/s1. The first kappa shape index (κ1) is 23.5. The van der Waals surface area contributed by atoms with Crippen LogP contribution in [-0.4, -0.2) is 32.5 Å². The molecule has 3 N–H and O–H groups in total. The zero-order chi connectivity index (χ0) is 22.9. The highest BCUT2D eigenvalue weighted by Gasteiger charge is 2.50. The van der Waals surface area contributed by atoms with Crippen LogP contribution < -0.4 is 0 Å². The summed E-state index contributed by atoms with van der Waals surface area (Å²) in [5.41, 5.74) is 4.19. The van der Waals surface area contributed by atoms with Crippen molar-refractivity contribution in [3.05, 3.63) is 53.8 Å². The van der Waals surface area contributed by atoms with Crippen LogP contribution in [0.4, 0.5) is 0 Å². The summed E-state index contributed by atoms with van der Waals surface area (Å²) in [6.07, 6.45) is 14.3. The summed E-state index contributed by atoms with van der Waals surface area (Å²) in [5, 5.41) is 30.6. The average Bonchev–Trinajstić information content (AvgIpc) is 3.41. The minimum atomic E-state index is -0.635. The molecule has 3 fully saturated rings. The van der Waals surface area contributed by atoms with Crippen molar-refractivity contribution in [2.24, 2.45) is 23.2 Å². The van der Waals surface area contributed by atoms with Gasteiger partial charge in [-0.2, -0.15) is 0 Å². The van der Waals surface area contributed by atoms with E-state index in [0.717, 1.165) is 24.0 Å². The van der Waals surface area contributed by atoms with E-state index in [1.165, 1.54) is 43.9 Å². The Morgan fingerprint density at radius 1 is 1.28 bits per heavy atom. The number of hydrogen-bond acceptors (Lipinski definition) is 5. The Hall–Kier alpha value is -1.69. The van der Waals surface area contributed by atoms with Crippen molar-refractivity contribution >= 4 is 0 Å². The second-order valence-corrected chi connectivity index (χ2v) is 10.6. The second-order valence-electron chi connectivity index (χ2n) is 10.6. The number of fused-ring (bicyclic) bond motifs is 1. The van der Waals surface area contributed by atoms with Gasteiger partial charge in [-0.15, -0.1) is 0 Å². The fourth-order valence-corrected chi connectivity index (χ4v) is 6.84. The van der Waals surface area contributed by atoms with Crippen LogP contribution in [-0.2, 0) is 0 Å². The van der Waals surface area contributed by atoms with Crippen molar-refractivity contribution in [3.8, 4) is 0 Å². The van der Waals surface area contributed by atoms with Gasteiger partial charge in [-0.25, -0.2) is 4.98 Å². The van der Waals surface area contributed by atoms with Gasteiger partial charge in [0.25, 0.3) is 0 Å². The number of aliphatic hydroxyl groups is 3. The molecule has 0 bridgehead atoms. The Morgan fingerprint density at radius 3 is 2.84 bits per heavy atom. The zero-order valence-electron chi connectivity index (χ0n) is 19.5. The van der Waals surface area contributed by atoms with Crippen LogP contribution in [0.15, 0.2) is 52.5 Å². The molecule has 0 saturated heterocycles. The molecule has 0 radical (unpaired) electrons. The fraction of sp³-hybridized carbons (Fsp3) is 0.667. The molecule has 3 saturated carbocycles. The predicted octanol–water partition coefficient (Wildman–Crippen LogP) is 5.27. The summed E-state index contributed by atoms with van der Waals surface area (Å²) in [6.45, 7) is 8.88. The third kappa shape index (κ3) is 4.66. The van der Waals surface area contributed by atoms with Crippen LogP contribution in [0.2, 0.25) is 0 Å². The molecule has 0 amide bonds. The number of nitrogens with zero attached hydrogens (tertiary/aromatic N) is 1. The zero-order valence-corrected chi connectivity index (χ0v) is 19.5. The Bertz CT molecular complexity index is 857. The monoisotopic (exact) mass is 441 g/mol. The topological polar surface area (TPSA) is 86.7 Å². The molecule has 1 heterocycles. The Kier molecular flexibility index (Phi) is 7.09. The summed E-state index contributed by atoms with van der Waals surface area (Å²) >= 11 is 0. The smallest absolute Gasteiger partial charge is 0.180 e. The molecule has 0 aliphatic heterocycles. The number of oxazole rings is 1. The van der Waals surface area contributed by atoms with E-state index in [9.17, 15) is 15.3 Å². The lowest BCUT2D eigenvalue weighted by molar-refractivity contribution is 0.0817. The van der Waals surface area contributed by atoms with Crippen LogP contribution >= 0.6 is 0 Å². The van der Waals surface area contributed by atoms with Crippen LogP contribution in [0.5, 0.6) is 0 Å². The summed E-state index contributed by atoms with van der Waals surface area (Å²) in [4.78, 5) is 4.09. The third-order valence-corrected chi connectivity index (χ3v) is 8.68. The highest BCUT2D eigenvalue weighted by Crippen LogP contribution is 2.60. The molecule has 1 unspecified atom stereocenters. The van der Waals surface area contributed by atoms with Crippen LogP contribution in [0, 0.1) is 23.2 Å². The van der Waals surface area contributed by atoms with Gasteiger partial charge in [0.15, 0.2) is 6.39 Å². The van der Waals surface area contributed by atoms with Gasteiger partial charge in [0.2, 0.25) is 0 Å². The van der Waals surface area contributed by atoms with E-state index < -0.39 is 18.3 Å². The number of aliphatic hydroxyl groups excluding tert-OH is 3. The van der Waals surface area contributed by atoms with Crippen molar-refractivity contribution < 1.29 is 19.7 Å². The number of aromatic nitrogens is 1. The van der Waals surface area contributed by atoms with Gasteiger partial charge < -0.3 is 19.7 Å². The van der Waals surface area contributed by atoms with Crippen molar-refractivity contribution in [1.82, 2.24) is 4.98 Å². The fourth-order valence-electron chi connectivity index (χ4n) is 6.84. The number of rotatable bonds is 6. The largest absolute Gasteiger partial charge is 0.451 e. The van der Waals surface area contributed by atoms with E-state index in [2.05, 4.69) is 37.6 Å². The molecule has 1 aromatic rings. The first-order chi connectivity index (χ1) is 15.3. The second kappa shape index (κ2) is 9.66. The van der Waals surface area contributed by atoms with Gasteiger partial charge in [-0.1, -0.05) is 38.2 Å². The first-order valence-corrected chi connectivity index (χ1v) is 12.3. The maximum Gasteiger partial charge on any atom is 0.180 e. The molecular formula is C27H39NO4. The lowest BCUT2D eigenvalue weighted by Gasteiger charge is -2.44. The molecule has 32 heavy (non-hydrogen) atoms. The molecule has 176 valence electrons. The minimum absolute atomic E-state index is 0.295. The number of hydrogen-bond donors (Lipinski definition) is 3. The summed E-state index contributed by atoms with van der Waals surface area (Å²) in [7, 11) is 0. The molecule has 3 aliphatic rings. The molecule has 0 spiro atoms. The van der Waals surface area contributed by atoms with Crippen LogP contribution in [0.3, 0.4) is 0 Å². The van der Waals surface area contributed by atoms with E-state index in [0.29, 0.717) is 48.1 Å². The predicted molar refractivity (Wildman–Crippen MR) is 125 cm³/mol. The summed E-state index contributed by atoms with van der Waals surface area (Å²) in [5.74, 6) is 1.79. The lowest BCUT2D eigenvalue weighted by Crippen LogP contribution is -2.36. The molecular weight excluding hydrogens is 402 g/mol. The maximum atomic E-state index is 10.4. The van der Waals surface area contributed by atoms with E-state index >= 15 is 0 Å². The van der Waals surface area contributed by atoms with Crippen molar-refractivity contribution in [3.63, 3.8) is 0 Å². The number of allylic oxidation sites excluding steroid dienone is 3. The minimum Gasteiger partial charge on any atom is -0.451 e. The lowest BCUT2D eigenvalue weighted by atomic mass is 9.60. The van der Waals surface area contributed by atoms with Gasteiger partial charge >= 0.3 is 0 Å². The van der Waals surface area contributed by atoms with Crippen molar-refractivity contribution in [1.29, 1.82) is 0 Å². The van der Waals surface area contributed by atoms with Gasteiger partial charge in [0, 0.05) is 6.42 Å². The van der Waals surface area contributed by atoms with Crippen molar-refractivity contribution in [2.45, 2.75) is 89.9 Å². The van der Waals surface area contributed by atoms with E-state index in [1.807, 2.05) is 0 Å². The van der Waals surface area contributed by atoms with E-state index in [-0.39, 0.29) is 0 Å². The Morgan fingerprint density at radius 2 is 2.09 bits per heavy atom. The first-order valence-electron chi connectivity index (χ1n) is 12.3. The molecule has 5 nitrogen and oxygen atoms in total. The molecule has 1 aromatic heterocycles. The quantitative estimate of drug-likeness (QED) is 0.560.